The average Bonchev–Trinajstić information content (AvgIpc) is 3.22. The highest BCUT2D eigenvalue weighted by Gasteiger charge is 2.37. The number of nitrogens with zero attached hydrogens (tertiary/aromatic N) is 1. The van der Waals surface area contributed by atoms with E-state index in [-0.39, 0.29) is 26.7 Å². The van der Waals surface area contributed by atoms with Gasteiger partial charge in [-0.2, -0.15) is 0 Å². The summed E-state index contributed by atoms with van der Waals surface area (Å²) in [5, 5.41) is 12.0. The van der Waals surface area contributed by atoms with Crippen LogP contribution in [0.1, 0.15) is 12.8 Å². The number of rotatable bonds is 5. The van der Waals surface area contributed by atoms with Gasteiger partial charge >= 0.3 is 0 Å². The number of nitrogens with one attached hydrogen (secondary N) is 1. The van der Waals surface area contributed by atoms with Gasteiger partial charge in [0.1, 0.15) is 0 Å². The van der Waals surface area contributed by atoms with Crippen LogP contribution in [0.15, 0.2) is 28.3 Å². The summed E-state index contributed by atoms with van der Waals surface area (Å²) < 4.78 is 26.9. The van der Waals surface area contributed by atoms with Gasteiger partial charge < -0.3 is 10.9 Å². The maximum absolute atomic E-state index is 12.3. The number of halogens is 2. The van der Waals surface area contributed by atoms with E-state index in [1.165, 1.54) is 18.2 Å². The molecule has 110 valence electrons. The van der Waals surface area contributed by atoms with Crippen LogP contribution >= 0.6 is 23.2 Å². The molecule has 0 aromatic heterocycles. The summed E-state index contributed by atoms with van der Waals surface area (Å²) in [5.41, 5.74) is 5.52. The predicted molar refractivity (Wildman–Crippen MR) is 76.7 cm³/mol. The van der Waals surface area contributed by atoms with Gasteiger partial charge in [-0.15, -0.1) is 0 Å². The lowest BCUT2D eigenvalue weighted by atomic mass is 10.2. The van der Waals surface area contributed by atoms with Crippen LogP contribution in [0.3, 0.4) is 0 Å². The highest BCUT2D eigenvalue weighted by atomic mass is 35.5. The molecule has 0 spiro atoms. The van der Waals surface area contributed by atoms with Gasteiger partial charge in [-0.05, 0) is 37.0 Å². The lowest BCUT2D eigenvalue weighted by Gasteiger charge is -2.17. The largest absolute Gasteiger partial charge is 0.409 e. The monoisotopic (exact) mass is 337 g/mol. The van der Waals surface area contributed by atoms with E-state index in [2.05, 4.69) is 9.88 Å². The van der Waals surface area contributed by atoms with Crippen molar-refractivity contribution >= 4 is 39.1 Å². The summed E-state index contributed by atoms with van der Waals surface area (Å²) in [6.07, 6.45) is 1.65. The Labute approximate surface area is 126 Å². The van der Waals surface area contributed by atoms with Crippen LogP contribution < -0.4 is 10.5 Å². The third-order valence-corrected chi connectivity index (χ3v) is 5.19. The summed E-state index contributed by atoms with van der Waals surface area (Å²) in [6.45, 7) is 0. The Morgan fingerprint density at radius 2 is 2.05 bits per heavy atom. The summed E-state index contributed by atoms with van der Waals surface area (Å²) in [5.74, 6) is -0.111. The van der Waals surface area contributed by atoms with Crippen LogP contribution in [0, 0.1) is 5.92 Å². The first-order valence-electron chi connectivity index (χ1n) is 5.80. The highest BCUT2D eigenvalue weighted by Crippen LogP contribution is 2.33. The maximum Gasteiger partial charge on any atom is 0.241 e. The molecule has 1 unspecified atom stereocenters. The van der Waals surface area contributed by atoms with E-state index in [1.54, 1.807) is 0 Å². The molecule has 0 heterocycles. The maximum atomic E-state index is 12.3. The van der Waals surface area contributed by atoms with E-state index >= 15 is 0 Å². The van der Waals surface area contributed by atoms with Gasteiger partial charge in [-0.3, -0.25) is 0 Å². The van der Waals surface area contributed by atoms with Crippen molar-refractivity contribution in [2.24, 2.45) is 16.8 Å². The summed E-state index contributed by atoms with van der Waals surface area (Å²) in [7, 11) is -3.82. The number of hydrogen-bond acceptors (Lipinski definition) is 4. The van der Waals surface area contributed by atoms with E-state index in [4.69, 9.17) is 34.1 Å². The molecule has 9 heteroatoms. The second-order valence-corrected chi connectivity index (χ2v) is 7.07. The van der Waals surface area contributed by atoms with Crippen molar-refractivity contribution in [2.75, 3.05) is 0 Å². The number of nitrogens with two attached hydrogens (primary N) is 1. The normalized spacial score (nSPS) is 18.0. The van der Waals surface area contributed by atoms with Gasteiger partial charge in [0.25, 0.3) is 0 Å². The molecule has 1 aliphatic rings. The molecule has 1 aromatic rings. The van der Waals surface area contributed by atoms with E-state index in [9.17, 15) is 8.42 Å². The molecular formula is C11H13Cl2N3O3S. The second kappa shape index (κ2) is 5.77. The van der Waals surface area contributed by atoms with Gasteiger partial charge in [0.2, 0.25) is 10.0 Å². The quantitative estimate of drug-likeness (QED) is 0.329. The third kappa shape index (κ3) is 3.35. The Balaban J connectivity index is 2.27. The first-order valence-corrected chi connectivity index (χ1v) is 8.04. The number of amidine groups is 1. The van der Waals surface area contributed by atoms with Crippen LogP contribution in [-0.4, -0.2) is 25.5 Å². The van der Waals surface area contributed by atoms with Crippen LogP contribution in [0.4, 0.5) is 0 Å². The lowest BCUT2D eigenvalue weighted by Crippen LogP contribution is -2.46. The Kier molecular flexibility index (Phi) is 4.43. The molecule has 0 radical (unpaired) electrons. The van der Waals surface area contributed by atoms with Crippen molar-refractivity contribution in [1.29, 1.82) is 0 Å². The van der Waals surface area contributed by atoms with Gasteiger partial charge in [0.15, 0.2) is 5.84 Å². The zero-order chi connectivity index (χ0) is 14.9. The fraction of sp³-hybridized carbons (Fsp3) is 0.364. The van der Waals surface area contributed by atoms with Crippen LogP contribution in [0.5, 0.6) is 0 Å². The van der Waals surface area contributed by atoms with Crippen molar-refractivity contribution in [3.63, 3.8) is 0 Å². The minimum Gasteiger partial charge on any atom is -0.409 e. The smallest absolute Gasteiger partial charge is 0.241 e. The lowest BCUT2D eigenvalue weighted by molar-refractivity contribution is 0.314. The molecule has 4 N–H and O–H groups in total. The number of benzene rings is 1. The highest BCUT2D eigenvalue weighted by molar-refractivity contribution is 7.89. The third-order valence-electron chi connectivity index (χ3n) is 3.01. The average molecular weight is 338 g/mol. The molecule has 6 nitrogen and oxygen atoms in total. The van der Waals surface area contributed by atoms with Crippen molar-refractivity contribution in [1.82, 2.24) is 4.72 Å². The molecule has 2 rings (SSSR count). The molecule has 1 fully saturated rings. The van der Waals surface area contributed by atoms with E-state index in [0.29, 0.717) is 0 Å². The zero-order valence-electron chi connectivity index (χ0n) is 10.3. The minimum absolute atomic E-state index is 0.0247. The van der Waals surface area contributed by atoms with Gasteiger partial charge in [-0.25, -0.2) is 13.1 Å². The summed E-state index contributed by atoms with van der Waals surface area (Å²) in [6, 6.07) is 3.27. The van der Waals surface area contributed by atoms with E-state index < -0.39 is 16.1 Å². The Morgan fingerprint density at radius 1 is 1.40 bits per heavy atom. The minimum atomic E-state index is -3.82. The molecule has 0 amide bonds. The summed E-state index contributed by atoms with van der Waals surface area (Å²) >= 11 is 11.6. The fourth-order valence-electron chi connectivity index (χ4n) is 1.77. The molecule has 0 saturated heterocycles. The van der Waals surface area contributed by atoms with Gasteiger partial charge in [-0.1, -0.05) is 28.4 Å². The SMILES string of the molecule is NC(=NO)C(NS(=O)(=O)c1ccc(Cl)c(Cl)c1)C1CC1. The summed E-state index contributed by atoms with van der Waals surface area (Å²) in [4.78, 5) is -0.0247. The Bertz CT molecular complexity index is 644. The molecular weight excluding hydrogens is 325 g/mol. The molecule has 0 aliphatic heterocycles. The van der Waals surface area contributed by atoms with Gasteiger partial charge in [0, 0.05) is 0 Å². The van der Waals surface area contributed by atoms with Crippen molar-refractivity contribution < 1.29 is 13.6 Å². The molecule has 20 heavy (non-hydrogen) atoms. The molecule has 1 aliphatic carbocycles. The molecule has 1 aromatic carbocycles. The van der Waals surface area contributed by atoms with Crippen LogP contribution in [0.25, 0.3) is 0 Å². The second-order valence-electron chi connectivity index (χ2n) is 4.54. The van der Waals surface area contributed by atoms with E-state index in [0.717, 1.165) is 12.8 Å². The Morgan fingerprint density at radius 3 is 2.55 bits per heavy atom. The van der Waals surface area contributed by atoms with Crippen molar-refractivity contribution in [3.8, 4) is 0 Å². The number of oxime groups is 1. The number of hydrogen-bond donors (Lipinski definition) is 3. The van der Waals surface area contributed by atoms with Crippen molar-refractivity contribution in [2.45, 2.75) is 23.8 Å². The van der Waals surface area contributed by atoms with Crippen molar-refractivity contribution in [3.05, 3.63) is 28.2 Å². The van der Waals surface area contributed by atoms with Crippen LogP contribution in [-0.2, 0) is 10.0 Å². The molecule has 1 atom stereocenters. The number of sulfonamides is 1. The fourth-order valence-corrected chi connectivity index (χ4v) is 3.44. The van der Waals surface area contributed by atoms with Gasteiger partial charge in [0.05, 0.1) is 21.0 Å². The zero-order valence-corrected chi connectivity index (χ0v) is 12.6. The van der Waals surface area contributed by atoms with Crippen LogP contribution in [0.2, 0.25) is 10.0 Å². The Hall–Kier alpha value is -1.02. The first kappa shape index (κ1) is 15.4. The standard InChI is InChI=1S/C11H13Cl2N3O3S/c12-8-4-3-7(5-9(8)13)20(18,19)16-10(6-1-2-6)11(14)15-17/h3-6,10,16-17H,1-2H2,(H2,14,15). The molecule has 1 saturated carbocycles. The first-order chi connectivity index (χ1) is 9.35. The predicted octanol–water partition coefficient (Wildman–Crippen LogP) is 1.80. The topological polar surface area (TPSA) is 105 Å². The molecule has 0 bridgehead atoms. The van der Waals surface area contributed by atoms with E-state index in [1.807, 2.05) is 0 Å².